The first-order valence-electron chi connectivity index (χ1n) is 3.23. The van der Waals surface area contributed by atoms with Crippen LogP contribution in [0.2, 0.25) is 5.02 Å². The van der Waals surface area contributed by atoms with Crippen molar-refractivity contribution >= 4 is 27.5 Å². The fraction of sp³-hybridized carbons (Fsp3) is 0.250. The Balaban J connectivity index is 2.86. The van der Waals surface area contributed by atoms with Crippen molar-refractivity contribution in [1.82, 2.24) is 0 Å². The molecule has 3 heteroatoms. The molecule has 0 aromatic heterocycles. The first-order valence-corrected chi connectivity index (χ1v) is 4.73. The predicted octanol–water partition coefficient (Wildman–Crippen LogP) is 2.77. The summed E-state index contributed by atoms with van der Waals surface area (Å²) in [6.45, 7) is 0. The number of aliphatic hydroxyl groups is 1. The number of rotatable bonds is 2. The lowest BCUT2D eigenvalue weighted by molar-refractivity contribution is 0.205. The molecule has 0 fully saturated rings. The van der Waals surface area contributed by atoms with Crippen LogP contribution in [-0.2, 0) is 0 Å². The predicted molar refractivity (Wildman–Crippen MR) is 50.2 cm³/mol. The Morgan fingerprint density at radius 1 is 1.55 bits per heavy atom. The van der Waals surface area contributed by atoms with Crippen LogP contribution >= 0.6 is 27.5 Å². The van der Waals surface area contributed by atoms with E-state index < -0.39 is 6.10 Å². The van der Waals surface area contributed by atoms with Gasteiger partial charge in [0, 0.05) is 10.4 Å². The van der Waals surface area contributed by atoms with Crippen molar-refractivity contribution in [2.75, 3.05) is 5.33 Å². The van der Waals surface area contributed by atoms with Crippen LogP contribution in [0.15, 0.2) is 24.3 Å². The van der Waals surface area contributed by atoms with Crippen molar-refractivity contribution in [3.8, 4) is 0 Å². The third-order valence-electron chi connectivity index (χ3n) is 1.38. The molecule has 0 amide bonds. The molecule has 1 N–H and O–H groups in total. The van der Waals surface area contributed by atoms with E-state index in [-0.39, 0.29) is 0 Å². The quantitative estimate of drug-likeness (QED) is 0.782. The first-order chi connectivity index (χ1) is 5.24. The molecule has 0 heterocycles. The van der Waals surface area contributed by atoms with Crippen LogP contribution in [-0.4, -0.2) is 10.4 Å². The third-order valence-corrected chi connectivity index (χ3v) is 2.23. The Morgan fingerprint density at radius 2 is 2.27 bits per heavy atom. The molecule has 1 aromatic carbocycles. The first kappa shape index (κ1) is 9.04. The van der Waals surface area contributed by atoms with E-state index in [0.29, 0.717) is 10.4 Å². The molecule has 0 saturated heterocycles. The molecule has 0 spiro atoms. The average Bonchev–Trinajstić information content (AvgIpc) is 2.03. The minimum Gasteiger partial charge on any atom is -0.388 e. The van der Waals surface area contributed by atoms with Crippen molar-refractivity contribution in [3.05, 3.63) is 34.9 Å². The highest BCUT2D eigenvalue weighted by Gasteiger charge is 2.04. The standard InChI is InChI=1S/C8H8BrClO/c9-5-8(11)6-2-1-3-7(10)4-6/h1-4,8,11H,5H2/t8-/m1/s1. The summed E-state index contributed by atoms with van der Waals surface area (Å²) < 4.78 is 0. The smallest absolute Gasteiger partial charge is 0.0887 e. The molecule has 1 aromatic rings. The van der Waals surface area contributed by atoms with Gasteiger partial charge in [-0.2, -0.15) is 0 Å². The monoisotopic (exact) mass is 234 g/mol. The van der Waals surface area contributed by atoms with Gasteiger partial charge in [-0.05, 0) is 17.7 Å². The molecule has 1 rings (SSSR count). The Morgan fingerprint density at radius 3 is 2.82 bits per heavy atom. The number of hydrogen-bond acceptors (Lipinski definition) is 1. The van der Waals surface area contributed by atoms with Crippen LogP contribution in [0.4, 0.5) is 0 Å². The van der Waals surface area contributed by atoms with E-state index in [2.05, 4.69) is 15.9 Å². The maximum Gasteiger partial charge on any atom is 0.0887 e. The minimum absolute atomic E-state index is 0.464. The van der Waals surface area contributed by atoms with Crippen molar-refractivity contribution in [3.63, 3.8) is 0 Å². The SMILES string of the molecule is O[C@H](CBr)c1cccc(Cl)c1. The fourth-order valence-electron chi connectivity index (χ4n) is 0.803. The van der Waals surface area contributed by atoms with Gasteiger partial charge in [-0.1, -0.05) is 39.7 Å². The molecule has 60 valence electrons. The minimum atomic E-state index is -0.464. The van der Waals surface area contributed by atoms with Gasteiger partial charge < -0.3 is 5.11 Å². The van der Waals surface area contributed by atoms with Gasteiger partial charge in [0.15, 0.2) is 0 Å². The fourth-order valence-corrected chi connectivity index (χ4v) is 1.38. The van der Waals surface area contributed by atoms with Gasteiger partial charge in [0.2, 0.25) is 0 Å². The van der Waals surface area contributed by atoms with Crippen LogP contribution < -0.4 is 0 Å². The van der Waals surface area contributed by atoms with Crippen molar-refractivity contribution in [2.45, 2.75) is 6.10 Å². The van der Waals surface area contributed by atoms with Crippen LogP contribution in [0, 0.1) is 0 Å². The Hall–Kier alpha value is -0.0500. The highest BCUT2D eigenvalue weighted by atomic mass is 79.9. The van der Waals surface area contributed by atoms with Gasteiger partial charge in [0.25, 0.3) is 0 Å². The Labute approximate surface area is 79.1 Å². The lowest BCUT2D eigenvalue weighted by Crippen LogP contribution is -1.97. The van der Waals surface area contributed by atoms with E-state index in [0.717, 1.165) is 5.56 Å². The van der Waals surface area contributed by atoms with E-state index in [1.165, 1.54) is 0 Å². The second-order valence-electron chi connectivity index (χ2n) is 2.23. The molecule has 11 heavy (non-hydrogen) atoms. The molecule has 0 aliphatic heterocycles. The van der Waals surface area contributed by atoms with Gasteiger partial charge in [0.1, 0.15) is 0 Å². The summed E-state index contributed by atoms with van der Waals surface area (Å²) in [7, 11) is 0. The van der Waals surface area contributed by atoms with Crippen molar-refractivity contribution < 1.29 is 5.11 Å². The molecular weight excluding hydrogens is 227 g/mol. The number of benzene rings is 1. The van der Waals surface area contributed by atoms with Gasteiger partial charge in [-0.15, -0.1) is 0 Å². The third kappa shape index (κ3) is 2.47. The highest BCUT2D eigenvalue weighted by Crippen LogP contribution is 2.18. The van der Waals surface area contributed by atoms with Gasteiger partial charge >= 0.3 is 0 Å². The van der Waals surface area contributed by atoms with E-state index in [4.69, 9.17) is 11.6 Å². The molecule has 0 unspecified atom stereocenters. The molecular formula is C8H8BrClO. The summed E-state index contributed by atoms with van der Waals surface area (Å²) in [6, 6.07) is 7.21. The summed E-state index contributed by atoms with van der Waals surface area (Å²) >= 11 is 8.90. The number of aliphatic hydroxyl groups excluding tert-OH is 1. The molecule has 0 aliphatic carbocycles. The Bertz CT molecular complexity index is 239. The summed E-state index contributed by atoms with van der Waals surface area (Å²) in [5.41, 5.74) is 0.842. The summed E-state index contributed by atoms with van der Waals surface area (Å²) in [6.07, 6.45) is -0.464. The summed E-state index contributed by atoms with van der Waals surface area (Å²) in [5, 5.41) is 10.5. The molecule has 1 atom stereocenters. The van der Waals surface area contributed by atoms with E-state index in [1.54, 1.807) is 12.1 Å². The van der Waals surface area contributed by atoms with Crippen LogP contribution in [0.5, 0.6) is 0 Å². The molecule has 1 nitrogen and oxygen atoms in total. The number of alkyl halides is 1. The van der Waals surface area contributed by atoms with E-state index in [9.17, 15) is 5.11 Å². The maximum absolute atomic E-state index is 9.35. The van der Waals surface area contributed by atoms with Crippen LogP contribution in [0.25, 0.3) is 0 Å². The zero-order valence-electron chi connectivity index (χ0n) is 5.80. The summed E-state index contributed by atoms with van der Waals surface area (Å²) in [5.74, 6) is 0. The van der Waals surface area contributed by atoms with Gasteiger partial charge in [0.05, 0.1) is 6.10 Å². The highest BCUT2D eigenvalue weighted by molar-refractivity contribution is 9.09. The Kier molecular flexibility index (Phi) is 3.37. The molecule has 0 radical (unpaired) electrons. The van der Waals surface area contributed by atoms with Crippen LogP contribution in [0.3, 0.4) is 0 Å². The number of halogens is 2. The van der Waals surface area contributed by atoms with Crippen molar-refractivity contribution in [1.29, 1.82) is 0 Å². The molecule has 0 aliphatic rings. The van der Waals surface area contributed by atoms with E-state index in [1.807, 2.05) is 12.1 Å². The topological polar surface area (TPSA) is 20.2 Å². The summed E-state index contributed by atoms with van der Waals surface area (Å²) in [4.78, 5) is 0. The lowest BCUT2D eigenvalue weighted by Gasteiger charge is -2.06. The van der Waals surface area contributed by atoms with Crippen LogP contribution in [0.1, 0.15) is 11.7 Å². The van der Waals surface area contributed by atoms with Gasteiger partial charge in [-0.3, -0.25) is 0 Å². The van der Waals surface area contributed by atoms with E-state index >= 15 is 0 Å². The number of hydrogen-bond donors (Lipinski definition) is 1. The van der Waals surface area contributed by atoms with Crippen molar-refractivity contribution in [2.24, 2.45) is 0 Å². The second-order valence-corrected chi connectivity index (χ2v) is 3.31. The maximum atomic E-state index is 9.35. The molecule has 0 saturated carbocycles. The zero-order valence-corrected chi connectivity index (χ0v) is 8.14. The van der Waals surface area contributed by atoms with Gasteiger partial charge in [-0.25, -0.2) is 0 Å². The normalized spacial score (nSPS) is 13.0. The zero-order chi connectivity index (χ0) is 8.27. The lowest BCUT2D eigenvalue weighted by atomic mass is 10.1. The largest absolute Gasteiger partial charge is 0.388 e. The second kappa shape index (κ2) is 4.10. The average molecular weight is 236 g/mol. The molecule has 0 bridgehead atoms.